The van der Waals surface area contributed by atoms with E-state index in [1.54, 1.807) is 0 Å². The SMILES string of the molecule is c1ccc(-c2nc(-c3cccc(-c4ccccn4)c3CCn3c4ccccc4c4ccncc43)nc(-c3cccc(-c4ccccn4)c3CCn3c4ccccc4c4ccncc43)n2)cc1. The van der Waals surface area contributed by atoms with Crippen LogP contribution in [0.1, 0.15) is 11.1 Å². The Morgan fingerprint density at radius 1 is 0.333 bits per heavy atom. The zero-order chi connectivity index (χ0) is 43.8. The zero-order valence-electron chi connectivity index (χ0n) is 35.9. The van der Waals surface area contributed by atoms with Crippen molar-refractivity contribution in [3.05, 3.63) is 212 Å². The molecule has 9 heteroatoms. The van der Waals surface area contributed by atoms with Crippen molar-refractivity contribution in [2.75, 3.05) is 0 Å². The van der Waals surface area contributed by atoms with E-state index in [-0.39, 0.29) is 0 Å². The Kier molecular flexibility index (Phi) is 9.90. The first-order chi connectivity index (χ1) is 32.8. The van der Waals surface area contributed by atoms with Crippen LogP contribution in [0.15, 0.2) is 201 Å². The van der Waals surface area contributed by atoms with Crippen LogP contribution in [-0.4, -0.2) is 44.0 Å². The van der Waals surface area contributed by atoms with Gasteiger partial charge in [-0.15, -0.1) is 0 Å². The highest BCUT2D eigenvalue weighted by Gasteiger charge is 2.22. The molecule has 0 bridgehead atoms. The van der Waals surface area contributed by atoms with Gasteiger partial charge >= 0.3 is 0 Å². The van der Waals surface area contributed by atoms with Crippen molar-refractivity contribution in [2.24, 2.45) is 0 Å². The van der Waals surface area contributed by atoms with Gasteiger partial charge in [0, 0.05) is 98.3 Å². The Morgan fingerprint density at radius 2 is 0.773 bits per heavy atom. The van der Waals surface area contributed by atoms with Crippen LogP contribution in [0.5, 0.6) is 0 Å². The Bertz CT molecular complexity index is 3380. The smallest absolute Gasteiger partial charge is 0.164 e. The summed E-state index contributed by atoms with van der Waals surface area (Å²) in [5.74, 6) is 1.79. The Labute approximate surface area is 380 Å². The maximum Gasteiger partial charge on any atom is 0.164 e. The Hall–Kier alpha value is -8.69. The highest BCUT2D eigenvalue weighted by Crippen LogP contribution is 2.37. The third kappa shape index (κ3) is 6.94. The summed E-state index contributed by atoms with van der Waals surface area (Å²) in [6.07, 6.45) is 12.8. The highest BCUT2D eigenvalue weighted by atomic mass is 15.0. The number of rotatable bonds is 11. The van der Waals surface area contributed by atoms with Gasteiger partial charge in [0.2, 0.25) is 0 Å². The van der Waals surface area contributed by atoms with Gasteiger partial charge in [-0.05, 0) is 72.5 Å². The number of para-hydroxylation sites is 2. The van der Waals surface area contributed by atoms with Crippen LogP contribution in [0.2, 0.25) is 0 Å². The topological polar surface area (TPSA) is 100 Å². The standard InChI is InChI=1S/C57H41N9/c1-2-14-38(15-3-1)55-62-56(47-20-12-18-41(49-22-8-10-30-60-49)39(47)28-34-65-51-24-6-4-16-43(51)45-26-32-58-36-53(45)65)64-57(63-55)48-21-13-19-42(50-23-9-11-31-61-50)40(48)29-35-66-52-25-7-5-17-44(52)46-27-33-59-37-54(46)66/h1-27,30-33,36-37H,28-29,34-35H2. The quantitative estimate of drug-likeness (QED) is 0.128. The minimum absolute atomic E-state index is 0.596. The molecule has 66 heavy (non-hydrogen) atoms. The van der Waals surface area contributed by atoms with Crippen LogP contribution in [0, 0.1) is 0 Å². The van der Waals surface area contributed by atoms with Gasteiger partial charge in [0.05, 0.1) is 34.8 Å². The molecule has 7 heterocycles. The second-order valence-corrected chi connectivity index (χ2v) is 16.4. The van der Waals surface area contributed by atoms with Crippen molar-refractivity contribution >= 4 is 43.6 Å². The van der Waals surface area contributed by atoms with Gasteiger partial charge in [0.15, 0.2) is 17.5 Å². The maximum absolute atomic E-state index is 5.48. The van der Waals surface area contributed by atoms with E-state index in [4.69, 9.17) is 24.9 Å². The third-order valence-electron chi connectivity index (χ3n) is 12.7. The van der Waals surface area contributed by atoms with E-state index in [0.29, 0.717) is 43.4 Å². The number of benzene rings is 5. The van der Waals surface area contributed by atoms with E-state index in [2.05, 4.69) is 140 Å². The first-order valence-corrected chi connectivity index (χ1v) is 22.3. The van der Waals surface area contributed by atoms with Crippen molar-refractivity contribution in [1.82, 2.24) is 44.0 Å². The van der Waals surface area contributed by atoms with Gasteiger partial charge in [-0.1, -0.05) is 115 Å². The molecule has 0 saturated carbocycles. The summed E-state index contributed by atoms with van der Waals surface area (Å²) in [7, 11) is 0. The molecule has 7 aromatic heterocycles. The molecule has 0 fully saturated rings. The number of hydrogen-bond acceptors (Lipinski definition) is 7. The van der Waals surface area contributed by atoms with Crippen LogP contribution in [0.4, 0.5) is 0 Å². The van der Waals surface area contributed by atoms with Crippen LogP contribution in [-0.2, 0) is 25.9 Å². The van der Waals surface area contributed by atoms with E-state index in [1.165, 1.54) is 32.6 Å². The van der Waals surface area contributed by atoms with Crippen LogP contribution >= 0.6 is 0 Å². The minimum Gasteiger partial charge on any atom is -0.339 e. The Balaban J connectivity index is 1.04. The summed E-state index contributed by atoms with van der Waals surface area (Å²) in [5.41, 5.74) is 13.4. The van der Waals surface area contributed by atoms with E-state index in [1.807, 2.05) is 79.6 Å². The summed E-state index contributed by atoms with van der Waals surface area (Å²) in [6, 6.07) is 56.5. The normalized spacial score (nSPS) is 11.6. The molecule has 0 aliphatic carbocycles. The zero-order valence-corrected chi connectivity index (χ0v) is 35.9. The molecular formula is C57H41N9. The fourth-order valence-electron chi connectivity index (χ4n) is 9.71. The number of aryl methyl sites for hydroxylation is 2. The monoisotopic (exact) mass is 851 g/mol. The summed E-state index contributed by atoms with van der Waals surface area (Å²) in [4.78, 5) is 35.0. The second kappa shape index (κ2) is 16.8. The molecular weight excluding hydrogens is 811 g/mol. The predicted octanol–water partition coefficient (Wildman–Crippen LogP) is 12.5. The first-order valence-electron chi connectivity index (χ1n) is 22.3. The molecule has 0 saturated heterocycles. The van der Waals surface area contributed by atoms with Crippen molar-refractivity contribution in [3.63, 3.8) is 0 Å². The lowest BCUT2D eigenvalue weighted by molar-refractivity contribution is 0.744. The van der Waals surface area contributed by atoms with Gasteiger partial charge in [-0.2, -0.15) is 0 Å². The van der Waals surface area contributed by atoms with Gasteiger partial charge in [-0.25, -0.2) is 15.0 Å². The molecule has 0 atom stereocenters. The summed E-state index contributed by atoms with van der Waals surface area (Å²) in [5, 5.41) is 4.79. The van der Waals surface area contributed by atoms with E-state index in [0.717, 1.165) is 61.4 Å². The van der Waals surface area contributed by atoms with Gasteiger partial charge in [0.1, 0.15) is 0 Å². The van der Waals surface area contributed by atoms with Crippen molar-refractivity contribution in [3.8, 4) is 56.7 Å². The van der Waals surface area contributed by atoms with Gasteiger partial charge < -0.3 is 9.13 Å². The summed E-state index contributed by atoms with van der Waals surface area (Å²) >= 11 is 0. The van der Waals surface area contributed by atoms with Gasteiger partial charge in [-0.3, -0.25) is 19.9 Å². The fourth-order valence-corrected chi connectivity index (χ4v) is 9.71. The van der Waals surface area contributed by atoms with Crippen LogP contribution in [0.25, 0.3) is 100 Å². The molecule has 12 rings (SSSR count). The van der Waals surface area contributed by atoms with Crippen LogP contribution in [0.3, 0.4) is 0 Å². The lowest BCUT2D eigenvalue weighted by atomic mass is 9.94. The number of fused-ring (bicyclic) bond motifs is 6. The summed E-state index contributed by atoms with van der Waals surface area (Å²) < 4.78 is 4.76. The Morgan fingerprint density at radius 3 is 1.27 bits per heavy atom. The lowest BCUT2D eigenvalue weighted by Crippen LogP contribution is -2.08. The number of hydrogen-bond donors (Lipinski definition) is 0. The molecule has 0 spiro atoms. The number of pyridine rings is 4. The summed E-state index contributed by atoms with van der Waals surface area (Å²) in [6.45, 7) is 1.40. The predicted molar refractivity (Wildman–Crippen MR) is 264 cm³/mol. The molecule has 0 unspecified atom stereocenters. The molecule has 0 radical (unpaired) electrons. The van der Waals surface area contributed by atoms with Crippen molar-refractivity contribution < 1.29 is 0 Å². The number of nitrogens with zero attached hydrogens (tertiary/aromatic N) is 9. The average molecular weight is 852 g/mol. The molecule has 0 aliphatic rings. The largest absolute Gasteiger partial charge is 0.339 e. The molecule has 0 N–H and O–H groups in total. The van der Waals surface area contributed by atoms with E-state index < -0.39 is 0 Å². The fraction of sp³-hybridized carbons (Fsp3) is 0.0702. The lowest BCUT2D eigenvalue weighted by Gasteiger charge is -2.18. The maximum atomic E-state index is 5.48. The molecule has 314 valence electrons. The third-order valence-corrected chi connectivity index (χ3v) is 12.7. The van der Waals surface area contributed by atoms with Crippen molar-refractivity contribution in [2.45, 2.75) is 25.9 Å². The molecule has 0 amide bonds. The highest BCUT2D eigenvalue weighted by molar-refractivity contribution is 6.08. The first kappa shape index (κ1) is 38.9. The molecule has 9 nitrogen and oxygen atoms in total. The molecule has 12 aromatic rings. The molecule has 5 aromatic carbocycles. The van der Waals surface area contributed by atoms with Crippen molar-refractivity contribution in [1.29, 1.82) is 0 Å². The molecule has 0 aliphatic heterocycles. The number of aromatic nitrogens is 9. The van der Waals surface area contributed by atoms with Crippen LogP contribution < -0.4 is 0 Å². The average Bonchev–Trinajstić information content (AvgIpc) is 3.89. The van der Waals surface area contributed by atoms with E-state index >= 15 is 0 Å². The van der Waals surface area contributed by atoms with E-state index in [9.17, 15) is 0 Å². The second-order valence-electron chi connectivity index (χ2n) is 16.4. The van der Waals surface area contributed by atoms with Gasteiger partial charge in [0.25, 0.3) is 0 Å². The minimum atomic E-state index is 0.596.